The fourth-order valence-corrected chi connectivity index (χ4v) is 3.03. The maximum atomic E-state index is 10.8. The summed E-state index contributed by atoms with van der Waals surface area (Å²) in [5.41, 5.74) is 2.06. The molecule has 6 heteroatoms. The molecule has 0 radical (unpaired) electrons. The summed E-state index contributed by atoms with van der Waals surface area (Å²) in [4.78, 5) is 14.8. The molecule has 1 N–H and O–H groups in total. The number of phenols is 1. The molecule has 0 unspecified atom stereocenters. The summed E-state index contributed by atoms with van der Waals surface area (Å²) in [5, 5.41) is 21.3. The van der Waals surface area contributed by atoms with E-state index in [1.807, 2.05) is 6.07 Å². The standard InChI is InChI=1S/C14H10N2O3S/c1-8-7-9(5-6-10(8)16(18)19)14-15-13-11(17)3-2-4-12(13)20-14/h2-7,17H,1H3. The van der Waals surface area contributed by atoms with Gasteiger partial charge in [0.1, 0.15) is 16.3 Å². The van der Waals surface area contributed by atoms with E-state index in [0.29, 0.717) is 11.1 Å². The molecule has 0 atom stereocenters. The number of benzene rings is 2. The van der Waals surface area contributed by atoms with E-state index in [1.54, 1.807) is 31.2 Å². The van der Waals surface area contributed by atoms with Crippen LogP contribution in [-0.4, -0.2) is 15.0 Å². The number of nitro benzene ring substituents is 1. The molecule has 100 valence electrons. The molecular formula is C14H10N2O3S. The normalized spacial score (nSPS) is 10.8. The summed E-state index contributed by atoms with van der Waals surface area (Å²) in [7, 11) is 0. The Balaban J connectivity index is 2.13. The molecule has 0 aliphatic rings. The van der Waals surface area contributed by atoms with Crippen LogP contribution in [-0.2, 0) is 0 Å². The lowest BCUT2D eigenvalue weighted by molar-refractivity contribution is -0.385. The lowest BCUT2D eigenvalue weighted by atomic mass is 10.1. The molecule has 2 aromatic carbocycles. The van der Waals surface area contributed by atoms with Gasteiger partial charge in [-0.3, -0.25) is 10.1 Å². The zero-order chi connectivity index (χ0) is 14.3. The minimum Gasteiger partial charge on any atom is -0.506 e. The first-order chi connectivity index (χ1) is 9.56. The van der Waals surface area contributed by atoms with Gasteiger partial charge in [-0.05, 0) is 31.2 Å². The van der Waals surface area contributed by atoms with E-state index < -0.39 is 4.92 Å². The Morgan fingerprint density at radius 3 is 2.75 bits per heavy atom. The maximum Gasteiger partial charge on any atom is 0.272 e. The van der Waals surface area contributed by atoms with Crippen molar-refractivity contribution in [1.29, 1.82) is 0 Å². The van der Waals surface area contributed by atoms with Crippen molar-refractivity contribution in [2.45, 2.75) is 6.92 Å². The average molecular weight is 286 g/mol. The van der Waals surface area contributed by atoms with Crippen LogP contribution < -0.4 is 0 Å². The Bertz CT molecular complexity index is 826. The number of phenolic OH excluding ortho intramolecular Hbond substituents is 1. The van der Waals surface area contributed by atoms with E-state index in [0.717, 1.165) is 15.3 Å². The van der Waals surface area contributed by atoms with Gasteiger partial charge in [-0.1, -0.05) is 6.07 Å². The SMILES string of the molecule is Cc1cc(-c2nc3c(O)cccc3s2)ccc1[N+](=O)[O-]. The van der Waals surface area contributed by atoms with Crippen LogP contribution >= 0.6 is 11.3 Å². The van der Waals surface area contributed by atoms with Gasteiger partial charge in [0.2, 0.25) is 0 Å². The monoisotopic (exact) mass is 286 g/mol. The summed E-state index contributed by atoms with van der Waals surface area (Å²) < 4.78 is 0.885. The van der Waals surface area contributed by atoms with Crippen molar-refractivity contribution in [3.63, 3.8) is 0 Å². The quantitative estimate of drug-likeness (QED) is 0.573. The van der Waals surface area contributed by atoms with Crippen molar-refractivity contribution in [3.05, 3.63) is 52.1 Å². The molecule has 1 aromatic heterocycles. The number of para-hydroxylation sites is 1. The number of aromatic nitrogens is 1. The molecule has 0 saturated heterocycles. The Hall–Kier alpha value is -2.47. The minimum atomic E-state index is -0.400. The summed E-state index contributed by atoms with van der Waals surface area (Å²) in [5.74, 6) is 0.142. The average Bonchev–Trinajstić information content (AvgIpc) is 2.83. The summed E-state index contributed by atoms with van der Waals surface area (Å²) in [6.07, 6.45) is 0. The van der Waals surface area contributed by atoms with Crippen LogP contribution in [0.15, 0.2) is 36.4 Å². The number of aromatic hydroxyl groups is 1. The fraction of sp³-hybridized carbons (Fsp3) is 0.0714. The smallest absolute Gasteiger partial charge is 0.272 e. The Morgan fingerprint density at radius 1 is 1.30 bits per heavy atom. The number of hydrogen-bond donors (Lipinski definition) is 1. The molecule has 3 rings (SSSR count). The molecule has 0 saturated carbocycles. The molecular weight excluding hydrogens is 276 g/mol. The van der Waals surface area contributed by atoms with E-state index in [2.05, 4.69) is 4.98 Å². The highest BCUT2D eigenvalue weighted by Gasteiger charge is 2.14. The maximum absolute atomic E-state index is 10.8. The van der Waals surface area contributed by atoms with Crippen LogP contribution in [0, 0.1) is 17.0 Å². The van der Waals surface area contributed by atoms with E-state index in [4.69, 9.17) is 0 Å². The second-order valence-electron chi connectivity index (χ2n) is 4.40. The van der Waals surface area contributed by atoms with Gasteiger partial charge in [0, 0.05) is 17.2 Å². The second kappa shape index (κ2) is 4.57. The van der Waals surface area contributed by atoms with E-state index in [-0.39, 0.29) is 11.4 Å². The third-order valence-corrected chi connectivity index (χ3v) is 4.11. The minimum absolute atomic E-state index is 0.0951. The molecule has 20 heavy (non-hydrogen) atoms. The number of aryl methyl sites for hydroxylation is 1. The molecule has 3 aromatic rings. The zero-order valence-electron chi connectivity index (χ0n) is 10.5. The van der Waals surface area contributed by atoms with Gasteiger partial charge in [-0.25, -0.2) is 4.98 Å². The van der Waals surface area contributed by atoms with Crippen LogP contribution in [0.1, 0.15) is 5.56 Å². The van der Waals surface area contributed by atoms with Crippen molar-refractivity contribution in [2.75, 3.05) is 0 Å². The largest absolute Gasteiger partial charge is 0.506 e. The van der Waals surface area contributed by atoms with Crippen LogP contribution in [0.25, 0.3) is 20.8 Å². The number of hydrogen-bond acceptors (Lipinski definition) is 5. The van der Waals surface area contributed by atoms with Gasteiger partial charge in [0.05, 0.1) is 9.62 Å². The highest BCUT2D eigenvalue weighted by molar-refractivity contribution is 7.21. The van der Waals surface area contributed by atoms with Crippen molar-refractivity contribution in [3.8, 4) is 16.3 Å². The Morgan fingerprint density at radius 2 is 2.10 bits per heavy atom. The first-order valence-electron chi connectivity index (χ1n) is 5.90. The van der Waals surface area contributed by atoms with Crippen molar-refractivity contribution >= 4 is 27.2 Å². The highest BCUT2D eigenvalue weighted by Crippen LogP contribution is 2.35. The van der Waals surface area contributed by atoms with E-state index >= 15 is 0 Å². The molecule has 0 fully saturated rings. The first kappa shape index (κ1) is 12.6. The molecule has 0 spiro atoms. The molecule has 0 aliphatic heterocycles. The highest BCUT2D eigenvalue weighted by atomic mass is 32.1. The Labute approximate surface area is 118 Å². The van der Waals surface area contributed by atoms with Gasteiger partial charge in [-0.15, -0.1) is 11.3 Å². The van der Waals surface area contributed by atoms with Gasteiger partial charge in [0.25, 0.3) is 5.69 Å². The van der Waals surface area contributed by atoms with Crippen molar-refractivity contribution in [1.82, 2.24) is 4.98 Å². The summed E-state index contributed by atoms with van der Waals surface area (Å²) in [6.45, 7) is 1.70. The lowest BCUT2D eigenvalue weighted by Gasteiger charge is -1.99. The zero-order valence-corrected chi connectivity index (χ0v) is 11.3. The van der Waals surface area contributed by atoms with Crippen LogP contribution in [0.5, 0.6) is 5.75 Å². The van der Waals surface area contributed by atoms with E-state index in [1.165, 1.54) is 17.4 Å². The van der Waals surface area contributed by atoms with Crippen molar-refractivity contribution < 1.29 is 10.0 Å². The predicted molar refractivity (Wildman–Crippen MR) is 78.1 cm³/mol. The fourth-order valence-electron chi connectivity index (χ4n) is 2.05. The van der Waals surface area contributed by atoms with Crippen LogP contribution in [0.3, 0.4) is 0 Å². The van der Waals surface area contributed by atoms with Crippen LogP contribution in [0.4, 0.5) is 5.69 Å². The number of nitro groups is 1. The van der Waals surface area contributed by atoms with Crippen molar-refractivity contribution in [2.24, 2.45) is 0 Å². The second-order valence-corrected chi connectivity index (χ2v) is 5.43. The van der Waals surface area contributed by atoms with Crippen LogP contribution in [0.2, 0.25) is 0 Å². The van der Waals surface area contributed by atoms with E-state index in [9.17, 15) is 15.2 Å². The predicted octanol–water partition coefficient (Wildman–Crippen LogP) is 3.89. The summed E-state index contributed by atoms with van der Waals surface area (Å²) >= 11 is 1.45. The third-order valence-electron chi connectivity index (χ3n) is 3.04. The number of thiazole rings is 1. The molecule has 0 bridgehead atoms. The topological polar surface area (TPSA) is 76.3 Å². The van der Waals surface area contributed by atoms with Gasteiger partial charge in [-0.2, -0.15) is 0 Å². The third kappa shape index (κ3) is 2.00. The molecule has 0 amide bonds. The number of nitrogens with zero attached hydrogens (tertiary/aromatic N) is 2. The van der Waals surface area contributed by atoms with Gasteiger partial charge >= 0.3 is 0 Å². The first-order valence-corrected chi connectivity index (χ1v) is 6.72. The molecule has 0 aliphatic carbocycles. The molecule has 1 heterocycles. The Kier molecular flexibility index (Phi) is 2.87. The number of rotatable bonds is 2. The van der Waals surface area contributed by atoms with Gasteiger partial charge < -0.3 is 5.11 Å². The number of fused-ring (bicyclic) bond motifs is 1. The molecule has 5 nitrogen and oxygen atoms in total. The lowest BCUT2D eigenvalue weighted by Crippen LogP contribution is -1.91. The van der Waals surface area contributed by atoms with Gasteiger partial charge in [0.15, 0.2) is 0 Å². The summed E-state index contributed by atoms with van der Waals surface area (Å²) in [6, 6.07) is 10.1.